The summed E-state index contributed by atoms with van der Waals surface area (Å²) < 4.78 is 10.0. The topological polar surface area (TPSA) is 94.4 Å². The van der Waals surface area contributed by atoms with Gasteiger partial charge in [-0.2, -0.15) is 0 Å². The van der Waals surface area contributed by atoms with Gasteiger partial charge in [-0.1, -0.05) is 0 Å². The first-order valence-electron chi connectivity index (χ1n) is 6.25. The van der Waals surface area contributed by atoms with E-state index in [0.717, 1.165) is 4.88 Å². The van der Waals surface area contributed by atoms with Crippen LogP contribution in [0.4, 0.5) is 5.82 Å². The quantitative estimate of drug-likeness (QED) is 0.845. The van der Waals surface area contributed by atoms with Gasteiger partial charge in [-0.15, -0.1) is 11.3 Å². The van der Waals surface area contributed by atoms with Crippen LogP contribution in [-0.4, -0.2) is 30.1 Å². The molecule has 2 heterocycles. The molecule has 2 aromatic heterocycles. The highest BCUT2D eigenvalue weighted by molar-refractivity contribution is 7.19. The van der Waals surface area contributed by atoms with Crippen molar-refractivity contribution in [2.75, 3.05) is 18.9 Å². The van der Waals surface area contributed by atoms with Crippen molar-refractivity contribution in [1.82, 2.24) is 4.98 Å². The van der Waals surface area contributed by atoms with Gasteiger partial charge in [0.25, 0.3) is 0 Å². The van der Waals surface area contributed by atoms with E-state index in [1.54, 1.807) is 20.8 Å². The Bertz CT molecular complexity index is 618. The number of rotatable bonds is 4. The molecule has 2 rings (SSSR count). The minimum atomic E-state index is -0.542. The number of aryl methyl sites for hydroxylation is 1. The van der Waals surface area contributed by atoms with Gasteiger partial charge in [0.2, 0.25) is 0 Å². The van der Waals surface area contributed by atoms with E-state index in [-0.39, 0.29) is 24.6 Å². The third-order valence-corrected chi connectivity index (χ3v) is 3.83. The fourth-order valence-electron chi connectivity index (χ4n) is 2.06. The number of anilines is 1. The van der Waals surface area contributed by atoms with Crippen LogP contribution in [0.1, 0.15) is 39.4 Å². The smallest absolute Gasteiger partial charge is 0.342 e. The van der Waals surface area contributed by atoms with Crippen molar-refractivity contribution in [3.05, 3.63) is 16.0 Å². The molecule has 2 aromatic rings. The predicted octanol–water partition coefficient (Wildman–Crippen LogP) is 2.47. The van der Waals surface area contributed by atoms with E-state index in [1.165, 1.54) is 11.3 Å². The number of H-pyrrole nitrogens is 1. The molecule has 6 nitrogen and oxygen atoms in total. The molecule has 0 aliphatic carbocycles. The minimum absolute atomic E-state index is 0.203. The predicted molar refractivity (Wildman–Crippen MR) is 77.2 cm³/mol. The van der Waals surface area contributed by atoms with Crippen LogP contribution in [0.3, 0.4) is 0 Å². The molecule has 0 saturated carbocycles. The monoisotopic (exact) mass is 296 g/mol. The van der Waals surface area contributed by atoms with Gasteiger partial charge in [0.1, 0.15) is 16.2 Å². The average molecular weight is 296 g/mol. The Kier molecular flexibility index (Phi) is 3.99. The lowest BCUT2D eigenvalue weighted by atomic mass is 10.1. The summed E-state index contributed by atoms with van der Waals surface area (Å²) in [6.45, 7) is 5.75. The number of nitrogen functional groups attached to an aromatic ring is 1. The zero-order valence-corrected chi connectivity index (χ0v) is 12.3. The van der Waals surface area contributed by atoms with Gasteiger partial charge in [0.05, 0.1) is 18.8 Å². The molecular weight excluding hydrogens is 280 g/mol. The van der Waals surface area contributed by atoms with Gasteiger partial charge in [0.15, 0.2) is 0 Å². The number of hydrogen-bond donors (Lipinski definition) is 2. The molecule has 0 saturated heterocycles. The van der Waals surface area contributed by atoms with Crippen LogP contribution in [-0.2, 0) is 9.47 Å². The van der Waals surface area contributed by atoms with Crippen LogP contribution in [0.15, 0.2) is 0 Å². The lowest BCUT2D eigenvalue weighted by Gasteiger charge is -2.04. The maximum Gasteiger partial charge on any atom is 0.342 e. The van der Waals surface area contributed by atoms with Crippen LogP contribution in [0.2, 0.25) is 0 Å². The maximum atomic E-state index is 12.1. The number of hydrogen-bond acceptors (Lipinski definition) is 6. The standard InChI is InChI=1S/C13H16N2O4S/c1-4-18-12(16)7-6(3)20-11-8(7)9(10(14)15-11)13(17)19-5-2/h15H,4-5,14H2,1-3H3. The Morgan fingerprint density at radius 2 is 1.70 bits per heavy atom. The van der Waals surface area contributed by atoms with Crippen molar-refractivity contribution in [1.29, 1.82) is 0 Å². The second-order valence-electron chi connectivity index (χ2n) is 4.09. The molecule has 0 fully saturated rings. The largest absolute Gasteiger partial charge is 0.462 e. The zero-order chi connectivity index (χ0) is 14.9. The summed E-state index contributed by atoms with van der Waals surface area (Å²) >= 11 is 1.36. The van der Waals surface area contributed by atoms with Gasteiger partial charge in [0, 0.05) is 10.3 Å². The number of esters is 2. The molecule has 0 aliphatic rings. The Morgan fingerprint density at radius 1 is 1.15 bits per heavy atom. The highest BCUT2D eigenvalue weighted by atomic mass is 32.1. The number of nitrogens with one attached hydrogen (secondary N) is 1. The minimum Gasteiger partial charge on any atom is -0.462 e. The van der Waals surface area contributed by atoms with Crippen molar-refractivity contribution in [2.24, 2.45) is 0 Å². The molecule has 0 bridgehead atoms. The first kappa shape index (κ1) is 14.4. The van der Waals surface area contributed by atoms with Crippen LogP contribution < -0.4 is 5.73 Å². The van der Waals surface area contributed by atoms with Gasteiger partial charge < -0.3 is 20.2 Å². The fourth-order valence-corrected chi connectivity index (χ4v) is 3.12. The van der Waals surface area contributed by atoms with Crippen molar-refractivity contribution >= 4 is 39.3 Å². The third-order valence-electron chi connectivity index (χ3n) is 2.81. The third kappa shape index (κ3) is 2.24. The number of aromatic amines is 1. The molecule has 0 spiro atoms. The normalized spacial score (nSPS) is 10.8. The van der Waals surface area contributed by atoms with Gasteiger partial charge in [-0.25, -0.2) is 9.59 Å². The Morgan fingerprint density at radius 3 is 2.25 bits per heavy atom. The average Bonchev–Trinajstić information content (AvgIpc) is 2.82. The van der Waals surface area contributed by atoms with E-state index in [4.69, 9.17) is 15.2 Å². The molecule has 0 amide bonds. The highest BCUT2D eigenvalue weighted by Crippen LogP contribution is 2.36. The summed E-state index contributed by atoms with van der Waals surface area (Å²) in [6, 6.07) is 0. The summed E-state index contributed by atoms with van der Waals surface area (Å²) in [7, 11) is 0. The summed E-state index contributed by atoms with van der Waals surface area (Å²) in [4.78, 5) is 28.4. The summed E-state index contributed by atoms with van der Waals surface area (Å²) in [5.41, 5.74) is 6.40. The highest BCUT2D eigenvalue weighted by Gasteiger charge is 2.27. The second-order valence-corrected chi connectivity index (χ2v) is 5.32. The number of carbonyl (C=O) groups excluding carboxylic acids is 2. The molecule has 0 aliphatic heterocycles. The van der Waals surface area contributed by atoms with E-state index < -0.39 is 11.9 Å². The number of thiophene rings is 1. The molecular formula is C13H16N2O4S. The van der Waals surface area contributed by atoms with E-state index in [1.807, 2.05) is 0 Å². The Balaban J connectivity index is 2.65. The van der Waals surface area contributed by atoms with Crippen LogP contribution in [0.25, 0.3) is 10.2 Å². The summed E-state index contributed by atoms with van der Waals surface area (Å²) in [6.07, 6.45) is 0. The number of fused-ring (bicyclic) bond motifs is 1. The van der Waals surface area contributed by atoms with E-state index >= 15 is 0 Å². The number of ether oxygens (including phenoxy) is 2. The number of carbonyl (C=O) groups is 2. The number of aromatic nitrogens is 1. The van der Waals surface area contributed by atoms with Gasteiger partial charge in [-0.05, 0) is 20.8 Å². The summed E-state index contributed by atoms with van der Waals surface area (Å²) in [5.74, 6) is -0.796. The van der Waals surface area contributed by atoms with Crippen molar-refractivity contribution < 1.29 is 19.1 Å². The van der Waals surface area contributed by atoms with Crippen LogP contribution in [0.5, 0.6) is 0 Å². The zero-order valence-electron chi connectivity index (χ0n) is 11.5. The first-order chi connectivity index (χ1) is 9.51. The van der Waals surface area contributed by atoms with Crippen molar-refractivity contribution in [2.45, 2.75) is 20.8 Å². The molecule has 20 heavy (non-hydrogen) atoms. The lowest BCUT2D eigenvalue weighted by Crippen LogP contribution is -2.10. The van der Waals surface area contributed by atoms with Crippen molar-refractivity contribution in [3.63, 3.8) is 0 Å². The molecule has 3 N–H and O–H groups in total. The van der Waals surface area contributed by atoms with Crippen LogP contribution >= 0.6 is 11.3 Å². The fraction of sp³-hybridized carbons (Fsp3) is 0.385. The Labute approximate surface area is 119 Å². The molecule has 108 valence electrons. The van der Waals surface area contributed by atoms with Gasteiger partial charge in [-0.3, -0.25) is 0 Å². The lowest BCUT2D eigenvalue weighted by molar-refractivity contribution is 0.0527. The first-order valence-corrected chi connectivity index (χ1v) is 7.07. The van der Waals surface area contributed by atoms with Gasteiger partial charge >= 0.3 is 11.9 Å². The van der Waals surface area contributed by atoms with Crippen LogP contribution in [0, 0.1) is 6.92 Å². The van der Waals surface area contributed by atoms with E-state index in [9.17, 15) is 9.59 Å². The SMILES string of the molecule is CCOC(=O)c1c(N)[nH]c2sc(C)c(C(=O)OCC)c12. The maximum absolute atomic E-state index is 12.1. The van der Waals surface area contributed by atoms with E-state index in [2.05, 4.69) is 4.98 Å². The molecule has 0 unspecified atom stereocenters. The summed E-state index contributed by atoms with van der Waals surface area (Å²) in [5, 5.41) is 0.488. The molecule has 0 radical (unpaired) electrons. The van der Waals surface area contributed by atoms with E-state index in [0.29, 0.717) is 15.8 Å². The molecule has 0 atom stereocenters. The molecule has 7 heteroatoms. The van der Waals surface area contributed by atoms with Crippen molar-refractivity contribution in [3.8, 4) is 0 Å². The molecule has 0 aromatic carbocycles. The number of nitrogens with two attached hydrogens (primary N) is 1. The second kappa shape index (κ2) is 5.54. The Hall–Kier alpha value is -2.02.